The number of nitrogens with zero attached hydrogens (tertiary/aromatic N) is 2. The molecule has 0 saturated carbocycles. The van der Waals surface area contributed by atoms with Gasteiger partial charge >= 0.3 is 6.18 Å². The zero-order chi connectivity index (χ0) is 12.2. The van der Waals surface area contributed by atoms with Crippen LogP contribution in [0, 0.1) is 12.3 Å². The molecule has 1 heterocycles. The van der Waals surface area contributed by atoms with Crippen molar-refractivity contribution in [1.29, 1.82) is 0 Å². The van der Waals surface area contributed by atoms with Gasteiger partial charge in [0.1, 0.15) is 0 Å². The summed E-state index contributed by atoms with van der Waals surface area (Å²) in [6, 6.07) is 0. The summed E-state index contributed by atoms with van der Waals surface area (Å²) in [5.41, 5.74) is 0.628. The lowest BCUT2D eigenvalue weighted by Crippen LogP contribution is -2.10. The molecule has 6 heteroatoms. The second-order valence-corrected chi connectivity index (χ2v) is 4.61. The van der Waals surface area contributed by atoms with Crippen LogP contribution in [0.3, 0.4) is 0 Å². The summed E-state index contributed by atoms with van der Waals surface area (Å²) in [5.74, 6) is 2.43. The van der Waals surface area contributed by atoms with Crippen molar-refractivity contribution in [1.82, 2.24) is 9.78 Å². The topological polar surface area (TPSA) is 17.8 Å². The van der Waals surface area contributed by atoms with Gasteiger partial charge in [0.05, 0.1) is 23.6 Å². The smallest absolute Gasteiger partial charge is 0.259 e. The highest BCUT2D eigenvalue weighted by Crippen LogP contribution is 2.27. The van der Waals surface area contributed by atoms with E-state index in [0.29, 0.717) is 5.56 Å². The fourth-order valence-electron chi connectivity index (χ4n) is 1.03. The largest absolute Gasteiger partial charge is 0.389 e. The summed E-state index contributed by atoms with van der Waals surface area (Å²) in [7, 11) is 0. The van der Waals surface area contributed by atoms with Crippen molar-refractivity contribution < 1.29 is 13.2 Å². The Labute approximate surface area is 96.2 Å². The van der Waals surface area contributed by atoms with E-state index in [0.717, 1.165) is 0 Å². The molecule has 0 aliphatic carbocycles. The number of hydrogen-bond acceptors (Lipinski definition) is 2. The molecule has 0 bridgehead atoms. The Morgan fingerprint density at radius 3 is 2.81 bits per heavy atom. The number of terminal acetylenes is 1. The third-order valence-electron chi connectivity index (χ3n) is 1.89. The van der Waals surface area contributed by atoms with Gasteiger partial charge in [-0.15, -0.1) is 18.2 Å². The molecule has 0 fully saturated rings. The Bertz CT molecular complexity index is 378. The highest BCUT2D eigenvalue weighted by atomic mass is 32.2. The van der Waals surface area contributed by atoms with Crippen molar-refractivity contribution >= 4 is 11.8 Å². The molecule has 1 unspecified atom stereocenters. The van der Waals surface area contributed by atoms with Crippen LogP contribution in [0.15, 0.2) is 12.4 Å². The number of rotatable bonds is 4. The Kier molecular flexibility index (Phi) is 4.30. The normalized spacial score (nSPS) is 13.4. The maximum Gasteiger partial charge on any atom is 0.389 e. The quantitative estimate of drug-likeness (QED) is 0.762. The van der Waals surface area contributed by atoms with Crippen LogP contribution in [-0.2, 0) is 0 Å². The van der Waals surface area contributed by atoms with E-state index in [4.69, 9.17) is 6.42 Å². The van der Waals surface area contributed by atoms with Crippen molar-refractivity contribution in [3.63, 3.8) is 0 Å². The predicted molar refractivity (Wildman–Crippen MR) is 58.0 cm³/mol. The average molecular weight is 248 g/mol. The van der Waals surface area contributed by atoms with Crippen molar-refractivity contribution in [3.05, 3.63) is 18.0 Å². The molecule has 0 radical (unpaired) electrons. The third kappa shape index (κ3) is 4.19. The molecule has 0 saturated heterocycles. The molecule has 1 aromatic rings. The average Bonchev–Trinajstić information content (AvgIpc) is 2.63. The summed E-state index contributed by atoms with van der Waals surface area (Å²) in [4.78, 5) is 0. The van der Waals surface area contributed by atoms with Crippen LogP contribution >= 0.6 is 11.8 Å². The van der Waals surface area contributed by atoms with Crippen LogP contribution in [0.25, 0.3) is 0 Å². The number of aromatic nitrogens is 2. The molecular weight excluding hydrogens is 237 g/mol. The van der Waals surface area contributed by atoms with Gasteiger partial charge in [0.15, 0.2) is 0 Å². The number of hydrogen-bond donors (Lipinski definition) is 0. The maximum absolute atomic E-state index is 11.9. The molecule has 0 aliphatic heterocycles. The molecular formula is C10H11F3N2S. The van der Waals surface area contributed by atoms with E-state index < -0.39 is 12.6 Å². The molecule has 88 valence electrons. The zero-order valence-corrected chi connectivity index (χ0v) is 9.48. The van der Waals surface area contributed by atoms with E-state index in [9.17, 15) is 13.2 Å². The van der Waals surface area contributed by atoms with Crippen molar-refractivity contribution in [2.24, 2.45) is 0 Å². The van der Waals surface area contributed by atoms with Crippen LogP contribution in [0.4, 0.5) is 13.2 Å². The van der Waals surface area contributed by atoms with Gasteiger partial charge < -0.3 is 0 Å². The fourth-order valence-corrected chi connectivity index (χ4v) is 1.99. The molecule has 0 N–H and O–H groups in total. The van der Waals surface area contributed by atoms with E-state index in [1.54, 1.807) is 17.8 Å². The summed E-state index contributed by atoms with van der Waals surface area (Å²) in [5, 5.41) is 3.83. The summed E-state index contributed by atoms with van der Waals surface area (Å²) < 4.78 is 37.3. The van der Waals surface area contributed by atoms with Crippen LogP contribution < -0.4 is 0 Å². The summed E-state index contributed by atoms with van der Waals surface area (Å²) in [6.07, 6.45) is 3.44. The molecule has 0 aliphatic rings. The molecule has 0 aromatic carbocycles. The minimum Gasteiger partial charge on any atom is -0.259 e. The first kappa shape index (κ1) is 13.0. The highest BCUT2D eigenvalue weighted by molar-refractivity contribution is 7.99. The summed E-state index contributed by atoms with van der Waals surface area (Å²) >= 11 is 1.19. The Balaban J connectivity index is 2.41. The highest BCUT2D eigenvalue weighted by Gasteiger charge is 2.26. The summed E-state index contributed by atoms with van der Waals surface area (Å²) in [6.45, 7) is 1.79. The standard InChI is InChI=1S/C10H11F3N2S/c1-3-9-6-14-15(7-9)8(2)16-5-4-10(11,12)13/h1,6-8H,4-5H2,2H3. The fraction of sp³-hybridized carbons (Fsp3) is 0.500. The monoisotopic (exact) mass is 248 g/mol. The van der Waals surface area contributed by atoms with Gasteiger partial charge in [0.2, 0.25) is 0 Å². The van der Waals surface area contributed by atoms with Crippen LogP contribution in [0.5, 0.6) is 0 Å². The molecule has 0 spiro atoms. The second-order valence-electron chi connectivity index (χ2n) is 3.19. The molecule has 2 nitrogen and oxygen atoms in total. The van der Waals surface area contributed by atoms with Crippen molar-refractivity contribution in [3.8, 4) is 12.3 Å². The van der Waals surface area contributed by atoms with Gasteiger partial charge in [0, 0.05) is 11.9 Å². The minimum absolute atomic E-state index is 0.0237. The molecule has 1 aromatic heterocycles. The Hall–Kier alpha value is -1.09. The lowest BCUT2D eigenvalue weighted by molar-refractivity contribution is -0.129. The third-order valence-corrected chi connectivity index (χ3v) is 3.02. The lowest BCUT2D eigenvalue weighted by Gasteiger charge is -2.12. The Morgan fingerprint density at radius 2 is 2.31 bits per heavy atom. The Morgan fingerprint density at radius 1 is 1.62 bits per heavy atom. The zero-order valence-electron chi connectivity index (χ0n) is 8.66. The molecule has 16 heavy (non-hydrogen) atoms. The van der Waals surface area contributed by atoms with Gasteiger partial charge in [0.25, 0.3) is 0 Å². The maximum atomic E-state index is 11.9. The van der Waals surface area contributed by atoms with E-state index in [2.05, 4.69) is 11.0 Å². The predicted octanol–water partition coefficient (Wildman–Crippen LogP) is 3.07. The first-order valence-electron chi connectivity index (χ1n) is 4.61. The minimum atomic E-state index is -4.10. The van der Waals surface area contributed by atoms with Crippen LogP contribution in [0.1, 0.15) is 24.3 Å². The van der Waals surface area contributed by atoms with Gasteiger partial charge in [-0.3, -0.25) is 4.68 Å². The SMILES string of the molecule is C#Cc1cnn(C(C)SCCC(F)(F)F)c1. The van der Waals surface area contributed by atoms with Crippen molar-refractivity contribution in [2.75, 3.05) is 5.75 Å². The van der Waals surface area contributed by atoms with E-state index in [-0.39, 0.29) is 11.1 Å². The number of halogens is 3. The lowest BCUT2D eigenvalue weighted by atomic mass is 10.4. The van der Waals surface area contributed by atoms with Gasteiger partial charge in [-0.25, -0.2) is 0 Å². The second kappa shape index (κ2) is 5.30. The van der Waals surface area contributed by atoms with E-state index in [1.165, 1.54) is 18.0 Å². The van der Waals surface area contributed by atoms with Gasteiger partial charge in [-0.2, -0.15) is 18.3 Å². The van der Waals surface area contributed by atoms with Crippen LogP contribution in [-0.4, -0.2) is 21.7 Å². The molecule has 1 atom stereocenters. The van der Waals surface area contributed by atoms with E-state index >= 15 is 0 Å². The number of thioether (sulfide) groups is 1. The van der Waals surface area contributed by atoms with Crippen molar-refractivity contribution in [2.45, 2.75) is 24.9 Å². The van der Waals surface area contributed by atoms with Gasteiger partial charge in [-0.1, -0.05) is 5.92 Å². The van der Waals surface area contributed by atoms with Crippen LogP contribution in [0.2, 0.25) is 0 Å². The molecule has 0 amide bonds. The van der Waals surface area contributed by atoms with E-state index in [1.807, 2.05) is 0 Å². The first-order chi connectivity index (χ1) is 7.42. The van der Waals surface area contributed by atoms with Gasteiger partial charge in [-0.05, 0) is 6.92 Å². The number of alkyl halides is 3. The first-order valence-corrected chi connectivity index (χ1v) is 5.66. The molecule has 1 rings (SSSR count).